The minimum Gasteiger partial charge on any atom is -0.465 e. The minimum absolute atomic E-state index is 0.109. The Labute approximate surface area is 194 Å². The lowest BCUT2D eigenvalue weighted by Gasteiger charge is -2.17. The maximum atomic E-state index is 13.6. The maximum absolute atomic E-state index is 13.6. The molecule has 4 aromatic rings. The molecule has 0 fully saturated rings. The molecule has 0 aliphatic rings. The van der Waals surface area contributed by atoms with Crippen LogP contribution >= 0.6 is 0 Å². The van der Waals surface area contributed by atoms with Crippen LogP contribution in [0.15, 0.2) is 59.7 Å². The van der Waals surface area contributed by atoms with Crippen LogP contribution in [0, 0.1) is 0 Å². The molecule has 0 unspecified atom stereocenters. The van der Waals surface area contributed by atoms with Gasteiger partial charge in [0, 0.05) is 12.7 Å². The summed E-state index contributed by atoms with van der Waals surface area (Å²) in [6, 6.07) is 13.1. The molecular formula is C23H22N6O5. The fraction of sp³-hybridized carbons (Fsp3) is 0.174. The molecule has 2 aromatic heterocycles. The zero-order valence-electron chi connectivity index (χ0n) is 18.8. The van der Waals surface area contributed by atoms with Gasteiger partial charge in [0.25, 0.3) is 0 Å². The number of methoxy groups -OCH3 is 1. The predicted octanol–water partition coefficient (Wildman–Crippen LogP) is 2.53. The number of carbonyl (C=O) groups is 2. The van der Waals surface area contributed by atoms with E-state index < -0.39 is 17.8 Å². The lowest BCUT2D eigenvalue weighted by atomic mass is 10.2. The molecule has 0 spiro atoms. The third kappa shape index (κ3) is 3.83. The fourth-order valence-corrected chi connectivity index (χ4v) is 3.55. The summed E-state index contributed by atoms with van der Waals surface area (Å²) in [7, 11) is 2.87. The van der Waals surface area contributed by atoms with Crippen molar-refractivity contribution in [3.63, 3.8) is 0 Å². The molecule has 0 bridgehead atoms. The number of benzene rings is 2. The van der Waals surface area contributed by atoms with Gasteiger partial charge in [0.1, 0.15) is 11.8 Å². The van der Waals surface area contributed by atoms with Crippen LogP contribution in [0.5, 0.6) is 0 Å². The lowest BCUT2D eigenvalue weighted by molar-refractivity contribution is 0.0600. The molecule has 11 heteroatoms. The Kier molecular flexibility index (Phi) is 6.00. The second kappa shape index (κ2) is 9.06. The van der Waals surface area contributed by atoms with Crippen LogP contribution in [-0.2, 0) is 9.47 Å². The van der Waals surface area contributed by atoms with E-state index in [-0.39, 0.29) is 18.1 Å². The highest BCUT2D eigenvalue weighted by Crippen LogP contribution is 2.25. The second-order valence-corrected chi connectivity index (χ2v) is 7.20. The summed E-state index contributed by atoms with van der Waals surface area (Å²) < 4.78 is 12.5. The van der Waals surface area contributed by atoms with Crippen LogP contribution in [0.4, 0.5) is 16.3 Å². The van der Waals surface area contributed by atoms with Crippen molar-refractivity contribution in [1.29, 1.82) is 0 Å². The number of aromatic nitrogens is 4. The van der Waals surface area contributed by atoms with Crippen molar-refractivity contribution >= 4 is 34.7 Å². The van der Waals surface area contributed by atoms with Crippen molar-refractivity contribution in [3.8, 4) is 11.4 Å². The first-order chi connectivity index (χ1) is 16.4. The summed E-state index contributed by atoms with van der Waals surface area (Å²) in [5.74, 6) is -0.385. The summed E-state index contributed by atoms with van der Waals surface area (Å²) >= 11 is 0. The Morgan fingerprint density at radius 3 is 2.47 bits per heavy atom. The smallest absolute Gasteiger partial charge is 0.413 e. The number of hydrogen-bond acceptors (Lipinski definition) is 8. The third-order valence-corrected chi connectivity index (χ3v) is 5.21. The monoisotopic (exact) mass is 462 g/mol. The van der Waals surface area contributed by atoms with Gasteiger partial charge in [0.15, 0.2) is 11.5 Å². The Morgan fingerprint density at radius 2 is 1.79 bits per heavy atom. The number of esters is 1. The Hall–Kier alpha value is -4.67. The van der Waals surface area contributed by atoms with Gasteiger partial charge in [-0.15, -0.1) is 0 Å². The first-order valence-electron chi connectivity index (χ1n) is 10.3. The summed E-state index contributed by atoms with van der Waals surface area (Å²) in [4.78, 5) is 47.3. The average Bonchev–Trinajstić information content (AvgIpc) is 3.16. The minimum atomic E-state index is -0.522. The van der Waals surface area contributed by atoms with E-state index in [1.807, 2.05) is 0 Å². The molecule has 34 heavy (non-hydrogen) atoms. The van der Waals surface area contributed by atoms with Crippen LogP contribution in [0.25, 0.3) is 22.5 Å². The zero-order chi connectivity index (χ0) is 24.4. The molecule has 2 heterocycles. The molecule has 174 valence electrons. The zero-order valence-corrected chi connectivity index (χ0v) is 18.8. The average molecular weight is 462 g/mol. The van der Waals surface area contributed by atoms with E-state index in [1.165, 1.54) is 27.5 Å². The van der Waals surface area contributed by atoms with E-state index in [0.29, 0.717) is 28.1 Å². The van der Waals surface area contributed by atoms with E-state index in [9.17, 15) is 14.4 Å². The van der Waals surface area contributed by atoms with Crippen molar-refractivity contribution < 1.29 is 19.1 Å². The van der Waals surface area contributed by atoms with Gasteiger partial charge in [-0.25, -0.2) is 28.9 Å². The molecule has 0 saturated heterocycles. The maximum Gasteiger partial charge on any atom is 0.413 e. The summed E-state index contributed by atoms with van der Waals surface area (Å²) in [6.45, 7) is 1.96. The number of nitrogens with zero attached hydrogens (tertiary/aromatic N) is 5. The summed E-state index contributed by atoms with van der Waals surface area (Å²) in [5.41, 5.74) is 8.06. The molecule has 2 N–H and O–H groups in total. The standard InChI is InChI=1S/C23H22N6O5/c1-4-34-23(32)27(2)16-6-5-7-17(12-16)29-20-18(19(24)25-13-26-20)28(22(29)31)15-10-8-14(9-11-15)21(30)33-3/h5-13H,4H2,1-3H3,(H2,24,25,26). The van der Waals surface area contributed by atoms with Crippen molar-refractivity contribution in [2.75, 3.05) is 31.4 Å². The number of amides is 1. The Morgan fingerprint density at radius 1 is 1.06 bits per heavy atom. The number of ether oxygens (including phenoxy) is 2. The third-order valence-electron chi connectivity index (χ3n) is 5.21. The quantitative estimate of drug-likeness (QED) is 0.447. The first kappa shape index (κ1) is 22.5. The molecule has 0 aliphatic carbocycles. The van der Waals surface area contributed by atoms with Gasteiger partial charge in [0.05, 0.1) is 30.7 Å². The summed E-state index contributed by atoms with van der Waals surface area (Å²) in [5, 5.41) is 0. The second-order valence-electron chi connectivity index (χ2n) is 7.20. The number of nitrogen functional groups attached to an aromatic ring is 1. The van der Waals surface area contributed by atoms with Crippen molar-refractivity contribution in [1.82, 2.24) is 19.1 Å². The van der Waals surface area contributed by atoms with Crippen LogP contribution < -0.4 is 16.3 Å². The van der Waals surface area contributed by atoms with Gasteiger partial charge in [-0.2, -0.15) is 0 Å². The Balaban J connectivity index is 1.90. The fourth-order valence-electron chi connectivity index (χ4n) is 3.55. The van der Waals surface area contributed by atoms with Gasteiger partial charge < -0.3 is 15.2 Å². The number of hydrogen-bond donors (Lipinski definition) is 1. The van der Waals surface area contributed by atoms with Gasteiger partial charge in [-0.1, -0.05) is 6.07 Å². The van der Waals surface area contributed by atoms with Crippen LogP contribution in [0.1, 0.15) is 17.3 Å². The molecule has 0 atom stereocenters. The van der Waals surface area contributed by atoms with Crippen LogP contribution in [-0.4, -0.2) is 51.9 Å². The first-order valence-corrected chi connectivity index (χ1v) is 10.3. The normalized spacial score (nSPS) is 10.8. The highest BCUT2D eigenvalue weighted by atomic mass is 16.6. The van der Waals surface area contributed by atoms with E-state index in [2.05, 4.69) is 9.97 Å². The SMILES string of the molecule is CCOC(=O)N(C)c1cccc(-n2c(=O)n(-c3ccc(C(=O)OC)cc3)c3c(N)ncnc32)c1. The van der Waals surface area contributed by atoms with Crippen LogP contribution in [0.2, 0.25) is 0 Å². The number of anilines is 2. The van der Waals surface area contributed by atoms with Crippen molar-refractivity contribution in [2.45, 2.75) is 6.92 Å². The molecule has 11 nitrogen and oxygen atoms in total. The summed E-state index contributed by atoms with van der Waals surface area (Å²) in [6.07, 6.45) is 0.749. The highest BCUT2D eigenvalue weighted by molar-refractivity contribution is 5.90. The van der Waals surface area contributed by atoms with Crippen molar-refractivity contribution in [3.05, 3.63) is 70.9 Å². The lowest BCUT2D eigenvalue weighted by Crippen LogP contribution is -2.27. The molecule has 4 rings (SSSR count). The molecule has 0 aliphatic heterocycles. The molecule has 2 aromatic carbocycles. The number of fused-ring (bicyclic) bond motifs is 1. The highest BCUT2D eigenvalue weighted by Gasteiger charge is 2.21. The van der Waals surface area contributed by atoms with Gasteiger partial charge in [-0.3, -0.25) is 9.47 Å². The van der Waals surface area contributed by atoms with Crippen molar-refractivity contribution in [2.24, 2.45) is 0 Å². The van der Waals surface area contributed by atoms with E-state index in [4.69, 9.17) is 15.2 Å². The van der Waals surface area contributed by atoms with E-state index in [0.717, 1.165) is 0 Å². The largest absolute Gasteiger partial charge is 0.465 e. The number of rotatable bonds is 5. The van der Waals surface area contributed by atoms with E-state index in [1.54, 1.807) is 62.5 Å². The molecule has 1 amide bonds. The Bertz CT molecular complexity index is 1440. The van der Waals surface area contributed by atoms with Crippen LogP contribution in [0.3, 0.4) is 0 Å². The van der Waals surface area contributed by atoms with E-state index >= 15 is 0 Å². The topological polar surface area (TPSA) is 135 Å². The van der Waals surface area contributed by atoms with Gasteiger partial charge >= 0.3 is 17.8 Å². The van der Waals surface area contributed by atoms with Gasteiger partial charge in [-0.05, 0) is 49.4 Å². The molecular weight excluding hydrogens is 440 g/mol. The molecule has 0 radical (unpaired) electrons. The predicted molar refractivity (Wildman–Crippen MR) is 126 cm³/mol. The number of nitrogens with two attached hydrogens (primary N) is 1. The number of carbonyl (C=O) groups excluding carboxylic acids is 2. The number of imidazole rings is 1. The van der Waals surface area contributed by atoms with Gasteiger partial charge in [0.2, 0.25) is 0 Å². The molecule has 0 saturated carbocycles.